The predicted molar refractivity (Wildman–Crippen MR) is 90.2 cm³/mol. The van der Waals surface area contributed by atoms with Crippen LogP contribution in [0.5, 0.6) is 0 Å². The lowest BCUT2D eigenvalue weighted by molar-refractivity contribution is 1.36. The zero-order valence-electron chi connectivity index (χ0n) is 11.4. The van der Waals surface area contributed by atoms with Gasteiger partial charge in [-0.3, -0.25) is 0 Å². The largest absolute Gasteiger partial charge is 0.236 e. The molecule has 2 aromatic carbocycles. The van der Waals surface area contributed by atoms with Gasteiger partial charge in [-0.15, -0.1) is 11.3 Å². The molecule has 0 spiro atoms. The normalized spacial score (nSPS) is 10.8. The molecule has 0 aliphatic heterocycles. The zero-order chi connectivity index (χ0) is 14.1. The first-order chi connectivity index (χ1) is 9.63. The van der Waals surface area contributed by atoms with Crippen molar-refractivity contribution in [3.8, 4) is 21.8 Å². The van der Waals surface area contributed by atoms with Gasteiger partial charge in [0.2, 0.25) is 0 Å². The first-order valence-corrected chi connectivity index (χ1v) is 8.05. The number of benzene rings is 2. The third kappa shape index (κ3) is 2.69. The maximum absolute atomic E-state index is 4.82. The maximum Gasteiger partial charge on any atom is 0.124 e. The number of aromatic nitrogens is 1. The summed E-state index contributed by atoms with van der Waals surface area (Å²) in [5, 5.41) is 1.07. The molecule has 0 aliphatic rings. The molecule has 0 aliphatic carbocycles. The van der Waals surface area contributed by atoms with Crippen molar-refractivity contribution in [2.24, 2.45) is 0 Å². The van der Waals surface area contributed by atoms with E-state index in [0.29, 0.717) is 0 Å². The van der Waals surface area contributed by atoms with Gasteiger partial charge in [0.05, 0.1) is 5.69 Å². The molecule has 100 valence electrons. The molecule has 3 aromatic rings. The van der Waals surface area contributed by atoms with E-state index in [-0.39, 0.29) is 0 Å². The molecular weight excluding hydrogens is 330 g/mol. The Hall–Kier alpha value is -1.45. The van der Waals surface area contributed by atoms with E-state index in [1.165, 1.54) is 16.0 Å². The molecule has 0 bridgehead atoms. The minimum atomic E-state index is 1.07. The molecule has 1 heterocycles. The fraction of sp³-hybridized carbons (Fsp3) is 0.118. The van der Waals surface area contributed by atoms with E-state index in [1.807, 2.05) is 12.1 Å². The van der Waals surface area contributed by atoms with Crippen molar-refractivity contribution in [1.29, 1.82) is 0 Å². The summed E-state index contributed by atoms with van der Waals surface area (Å²) >= 11 is 5.26. The van der Waals surface area contributed by atoms with Crippen LogP contribution in [0.15, 0.2) is 53.0 Å². The summed E-state index contributed by atoms with van der Waals surface area (Å²) in [5.41, 5.74) is 4.70. The molecular formula is C17H14BrNS. The van der Waals surface area contributed by atoms with Crippen LogP contribution >= 0.6 is 27.3 Å². The van der Waals surface area contributed by atoms with Crippen molar-refractivity contribution in [1.82, 2.24) is 4.98 Å². The Kier molecular flexibility index (Phi) is 3.72. The Bertz CT molecular complexity index is 744. The Balaban J connectivity index is 2.05. The van der Waals surface area contributed by atoms with E-state index >= 15 is 0 Å². The van der Waals surface area contributed by atoms with Gasteiger partial charge in [-0.1, -0.05) is 57.9 Å². The molecule has 0 N–H and O–H groups in total. The lowest BCUT2D eigenvalue weighted by atomic mass is 10.1. The first kappa shape index (κ1) is 13.5. The topological polar surface area (TPSA) is 12.9 Å². The number of halogens is 1. The zero-order valence-corrected chi connectivity index (χ0v) is 13.8. The number of hydrogen-bond donors (Lipinski definition) is 0. The second-order valence-corrected chi connectivity index (χ2v) is 6.92. The van der Waals surface area contributed by atoms with Crippen molar-refractivity contribution in [3.05, 3.63) is 63.4 Å². The average Bonchev–Trinajstić information content (AvgIpc) is 2.82. The smallest absolute Gasteiger partial charge is 0.124 e. The fourth-order valence-electron chi connectivity index (χ4n) is 2.12. The summed E-state index contributed by atoms with van der Waals surface area (Å²) in [6.45, 7) is 4.24. The van der Waals surface area contributed by atoms with Gasteiger partial charge in [0, 0.05) is 20.5 Å². The maximum atomic E-state index is 4.82. The van der Waals surface area contributed by atoms with Crippen molar-refractivity contribution >= 4 is 27.3 Å². The number of hydrogen-bond acceptors (Lipinski definition) is 2. The second kappa shape index (κ2) is 5.51. The van der Waals surface area contributed by atoms with Gasteiger partial charge in [-0.05, 0) is 26.0 Å². The van der Waals surface area contributed by atoms with Gasteiger partial charge in [0.1, 0.15) is 5.01 Å². The molecule has 0 unspecified atom stereocenters. The number of thiazole rings is 1. The molecule has 1 aromatic heterocycles. The lowest BCUT2D eigenvalue weighted by Gasteiger charge is -1.99. The first-order valence-electron chi connectivity index (χ1n) is 6.44. The Morgan fingerprint density at radius 1 is 0.950 bits per heavy atom. The van der Waals surface area contributed by atoms with Crippen LogP contribution in [0.1, 0.15) is 10.4 Å². The molecule has 1 nitrogen and oxygen atoms in total. The summed E-state index contributed by atoms with van der Waals surface area (Å²) in [4.78, 5) is 6.07. The average molecular weight is 344 g/mol. The predicted octanol–water partition coefficient (Wildman–Crippen LogP) is 5.86. The van der Waals surface area contributed by atoms with E-state index in [9.17, 15) is 0 Å². The second-order valence-electron chi connectivity index (χ2n) is 4.80. The van der Waals surface area contributed by atoms with Gasteiger partial charge in [0.25, 0.3) is 0 Å². The molecule has 3 heteroatoms. The van der Waals surface area contributed by atoms with E-state index in [0.717, 1.165) is 20.7 Å². The monoisotopic (exact) mass is 343 g/mol. The van der Waals surface area contributed by atoms with Crippen molar-refractivity contribution in [2.75, 3.05) is 0 Å². The van der Waals surface area contributed by atoms with Crippen LogP contribution in [0.25, 0.3) is 21.8 Å². The molecule has 3 rings (SSSR count). The summed E-state index contributed by atoms with van der Waals surface area (Å²) in [6, 6.07) is 16.8. The molecule has 0 saturated carbocycles. The Labute approximate surface area is 131 Å². The van der Waals surface area contributed by atoms with Crippen molar-refractivity contribution in [2.45, 2.75) is 13.8 Å². The third-order valence-electron chi connectivity index (χ3n) is 3.19. The molecule has 0 saturated heterocycles. The van der Waals surface area contributed by atoms with E-state index in [1.54, 1.807) is 11.3 Å². The Morgan fingerprint density at radius 3 is 2.40 bits per heavy atom. The van der Waals surface area contributed by atoms with Gasteiger partial charge >= 0.3 is 0 Å². The van der Waals surface area contributed by atoms with E-state index in [4.69, 9.17) is 4.98 Å². The van der Waals surface area contributed by atoms with Crippen LogP contribution in [0.3, 0.4) is 0 Å². The van der Waals surface area contributed by atoms with Crippen LogP contribution in [0, 0.1) is 13.8 Å². The third-order valence-corrected chi connectivity index (χ3v) is 4.71. The summed E-state index contributed by atoms with van der Waals surface area (Å²) < 4.78 is 1.08. The van der Waals surface area contributed by atoms with E-state index < -0.39 is 0 Å². The van der Waals surface area contributed by atoms with Crippen LogP contribution in [-0.2, 0) is 0 Å². The molecule has 0 fully saturated rings. The quantitative estimate of drug-likeness (QED) is 0.568. The molecule has 0 amide bonds. The van der Waals surface area contributed by atoms with Gasteiger partial charge in [-0.25, -0.2) is 4.98 Å². The minimum absolute atomic E-state index is 1.07. The van der Waals surface area contributed by atoms with Crippen LogP contribution in [0.2, 0.25) is 0 Å². The summed E-state index contributed by atoms with van der Waals surface area (Å²) in [7, 11) is 0. The van der Waals surface area contributed by atoms with Crippen molar-refractivity contribution in [3.63, 3.8) is 0 Å². The lowest BCUT2D eigenvalue weighted by Crippen LogP contribution is -1.82. The van der Waals surface area contributed by atoms with Crippen LogP contribution in [-0.4, -0.2) is 4.98 Å². The minimum Gasteiger partial charge on any atom is -0.236 e. The highest BCUT2D eigenvalue weighted by atomic mass is 79.9. The van der Waals surface area contributed by atoms with Gasteiger partial charge in [0.15, 0.2) is 0 Å². The summed E-state index contributed by atoms with van der Waals surface area (Å²) in [5.74, 6) is 0. The van der Waals surface area contributed by atoms with Crippen LogP contribution in [0.4, 0.5) is 0 Å². The number of aryl methyl sites for hydroxylation is 2. The number of rotatable bonds is 2. The van der Waals surface area contributed by atoms with Gasteiger partial charge in [-0.2, -0.15) is 0 Å². The number of nitrogens with zero attached hydrogens (tertiary/aromatic N) is 1. The summed E-state index contributed by atoms with van der Waals surface area (Å²) in [6.07, 6.45) is 0. The molecule has 20 heavy (non-hydrogen) atoms. The molecule has 0 atom stereocenters. The Morgan fingerprint density at radius 2 is 1.70 bits per heavy atom. The highest BCUT2D eigenvalue weighted by Crippen LogP contribution is 2.34. The van der Waals surface area contributed by atoms with Gasteiger partial charge < -0.3 is 0 Å². The SMILES string of the molecule is Cc1ccc(-c2nc(-c3cccc(Br)c3)sc2C)cc1. The highest BCUT2D eigenvalue weighted by Gasteiger charge is 2.11. The van der Waals surface area contributed by atoms with E-state index in [2.05, 4.69) is 66.2 Å². The fourth-order valence-corrected chi connectivity index (χ4v) is 3.45. The highest BCUT2D eigenvalue weighted by molar-refractivity contribution is 9.10. The van der Waals surface area contributed by atoms with Crippen molar-refractivity contribution < 1.29 is 0 Å². The molecule has 0 radical (unpaired) electrons. The standard InChI is InChI=1S/C17H14BrNS/c1-11-6-8-13(9-7-11)16-12(2)20-17(19-16)14-4-3-5-15(18)10-14/h3-10H,1-2H3. The van der Waals surface area contributed by atoms with Crippen LogP contribution < -0.4 is 0 Å².